The first kappa shape index (κ1) is 47.2. The van der Waals surface area contributed by atoms with Crippen LogP contribution in [0, 0.1) is 20.8 Å². The number of benzene rings is 7. The summed E-state index contributed by atoms with van der Waals surface area (Å²) in [7, 11) is -3.19. The Morgan fingerprint density at radius 1 is 0.667 bits per heavy atom. The SMILES string of the molecule is COc1cc(N=Nc2cc(C)c(N=Nc3ccc4cc(SOOO)cc(S(=O)(=O)O)c4c3)cc2C)c(C)cc1N=Nc1c(SOOO)cc2cc(NCOc3ccc(N)cc3)ccc2c1O. The zero-order valence-corrected chi connectivity index (χ0v) is 37.5. The lowest BCUT2D eigenvalue weighted by Crippen LogP contribution is -2.08. The van der Waals surface area contributed by atoms with Gasteiger partial charge in [-0.3, -0.25) is 4.55 Å². The number of hydrogen-bond acceptors (Lipinski definition) is 21. The number of aromatic hydroxyl groups is 1. The fourth-order valence-corrected chi connectivity index (χ4v) is 8.19. The average molecular weight is 955 g/mol. The smallest absolute Gasteiger partial charge is 0.295 e. The van der Waals surface area contributed by atoms with Crippen LogP contribution in [-0.4, -0.2) is 42.4 Å². The van der Waals surface area contributed by atoms with E-state index >= 15 is 0 Å². The van der Waals surface area contributed by atoms with Gasteiger partial charge in [-0.15, -0.1) is 18.9 Å². The molecule has 0 saturated heterocycles. The molecule has 0 bridgehead atoms. The van der Waals surface area contributed by atoms with Crippen molar-refractivity contribution >= 4 is 101 Å². The molecule has 7 aromatic carbocycles. The highest BCUT2D eigenvalue weighted by molar-refractivity contribution is 7.95. The molecule has 0 atom stereocenters. The van der Waals surface area contributed by atoms with Crippen LogP contribution in [0.5, 0.6) is 17.2 Å². The predicted octanol–water partition coefficient (Wildman–Crippen LogP) is 13.0. The Balaban J connectivity index is 1.09. The number of nitrogen functional groups attached to an aromatic ring is 1. The van der Waals surface area contributed by atoms with E-state index in [1.807, 2.05) is 20.8 Å². The number of azo groups is 3. The molecule has 7 N–H and O–H groups in total. The lowest BCUT2D eigenvalue weighted by atomic mass is 10.1. The van der Waals surface area contributed by atoms with E-state index in [-0.39, 0.29) is 33.3 Å². The third kappa shape index (κ3) is 11.4. The lowest BCUT2D eigenvalue weighted by molar-refractivity contribution is -0.432. The van der Waals surface area contributed by atoms with Crippen LogP contribution < -0.4 is 20.5 Å². The van der Waals surface area contributed by atoms with Crippen molar-refractivity contribution in [2.24, 2.45) is 30.7 Å². The van der Waals surface area contributed by atoms with Crippen LogP contribution in [0.3, 0.4) is 0 Å². The molecule has 0 aliphatic rings. The van der Waals surface area contributed by atoms with Gasteiger partial charge in [0.15, 0.2) is 12.5 Å². The maximum absolute atomic E-state index is 12.2. The van der Waals surface area contributed by atoms with E-state index in [9.17, 15) is 18.1 Å². The molecule has 0 heterocycles. The molecule has 7 aromatic rings. The van der Waals surface area contributed by atoms with E-state index in [1.165, 1.54) is 19.2 Å². The van der Waals surface area contributed by atoms with E-state index in [1.54, 1.807) is 91.0 Å². The van der Waals surface area contributed by atoms with Crippen molar-refractivity contribution in [2.45, 2.75) is 35.5 Å². The van der Waals surface area contributed by atoms with Crippen molar-refractivity contribution in [1.29, 1.82) is 0 Å². The highest BCUT2D eigenvalue weighted by Gasteiger charge is 2.19. The van der Waals surface area contributed by atoms with E-state index < -0.39 is 15.0 Å². The molecule has 0 unspecified atom stereocenters. The Bertz CT molecular complexity index is 3140. The quantitative estimate of drug-likeness (QED) is 0.00886. The van der Waals surface area contributed by atoms with Gasteiger partial charge in [0.25, 0.3) is 10.1 Å². The van der Waals surface area contributed by atoms with Gasteiger partial charge in [-0.05, 0) is 139 Å². The molecule has 0 spiro atoms. The number of methoxy groups -OCH3 is 1. The predicted molar refractivity (Wildman–Crippen MR) is 247 cm³/mol. The normalized spacial score (nSPS) is 12.0. The van der Waals surface area contributed by atoms with Gasteiger partial charge in [0.1, 0.15) is 27.8 Å². The number of nitrogens with two attached hydrogens (primary N) is 1. The minimum Gasteiger partial charge on any atom is -0.505 e. The van der Waals surface area contributed by atoms with Crippen LogP contribution in [0.1, 0.15) is 16.7 Å². The van der Waals surface area contributed by atoms with E-state index in [2.05, 4.69) is 50.4 Å². The largest absolute Gasteiger partial charge is 0.505 e. The molecule has 0 aliphatic carbocycles. The summed E-state index contributed by atoms with van der Waals surface area (Å²) in [6.45, 7) is 5.63. The summed E-state index contributed by atoms with van der Waals surface area (Å²) in [6.07, 6.45) is 0. The van der Waals surface area contributed by atoms with Crippen molar-refractivity contribution < 1.29 is 56.8 Å². The number of phenolic OH excluding ortho intramolecular Hbond substituents is 1. The van der Waals surface area contributed by atoms with Gasteiger partial charge in [-0.1, -0.05) is 16.1 Å². The van der Waals surface area contributed by atoms with Crippen molar-refractivity contribution in [2.75, 3.05) is 24.9 Å². The molecular formula is C43H38N8O12S3. The summed E-state index contributed by atoms with van der Waals surface area (Å²) < 4.78 is 54.8. The average Bonchev–Trinajstić information content (AvgIpc) is 3.29. The van der Waals surface area contributed by atoms with E-state index in [0.29, 0.717) is 97.1 Å². The van der Waals surface area contributed by atoms with Gasteiger partial charge in [0, 0.05) is 33.1 Å². The van der Waals surface area contributed by atoms with Crippen LogP contribution in [-0.2, 0) is 28.9 Å². The third-order valence-electron chi connectivity index (χ3n) is 9.72. The number of anilines is 2. The van der Waals surface area contributed by atoms with Gasteiger partial charge < -0.3 is 25.6 Å². The van der Waals surface area contributed by atoms with Gasteiger partial charge in [0.2, 0.25) is 0 Å². The first-order valence-electron chi connectivity index (χ1n) is 19.2. The first-order chi connectivity index (χ1) is 31.7. The summed E-state index contributed by atoms with van der Waals surface area (Å²) in [5, 5.41) is 67.5. The zero-order valence-electron chi connectivity index (χ0n) is 35.1. The highest BCUT2D eigenvalue weighted by atomic mass is 32.2. The molecular weight excluding hydrogens is 917 g/mol. The Hall–Kier alpha value is -6.77. The molecule has 7 rings (SSSR count). The summed E-state index contributed by atoms with van der Waals surface area (Å²) in [6, 6.07) is 28.3. The van der Waals surface area contributed by atoms with Gasteiger partial charge in [0.05, 0.1) is 58.8 Å². The molecule has 20 nitrogen and oxygen atoms in total. The Morgan fingerprint density at radius 2 is 1.30 bits per heavy atom. The summed E-state index contributed by atoms with van der Waals surface area (Å²) in [4.78, 5) is 0.121. The number of hydrogen-bond donors (Lipinski definition) is 6. The molecule has 0 aliphatic heterocycles. The van der Waals surface area contributed by atoms with Crippen LogP contribution in [0.2, 0.25) is 0 Å². The van der Waals surface area contributed by atoms with Crippen molar-refractivity contribution in [3.63, 3.8) is 0 Å². The van der Waals surface area contributed by atoms with Crippen molar-refractivity contribution in [3.8, 4) is 17.2 Å². The molecule has 0 saturated carbocycles. The van der Waals surface area contributed by atoms with Crippen LogP contribution in [0.15, 0.2) is 149 Å². The third-order valence-corrected chi connectivity index (χ3v) is 11.8. The van der Waals surface area contributed by atoms with E-state index in [0.717, 1.165) is 11.1 Å². The highest BCUT2D eigenvalue weighted by Crippen LogP contribution is 2.46. The molecule has 0 radical (unpaired) electrons. The second-order valence-electron chi connectivity index (χ2n) is 14.1. The minimum absolute atomic E-state index is 0.0357. The van der Waals surface area contributed by atoms with Gasteiger partial charge in [-0.25, -0.2) is 10.5 Å². The van der Waals surface area contributed by atoms with Crippen LogP contribution >= 0.6 is 24.1 Å². The molecule has 340 valence electrons. The Kier molecular flexibility index (Phi) is 15.0. The molecule has 66 heavy (non-hydrogen) atoms. The molecule has 23 heteroatoms. The second-order valence-corrected chi connectivity index (χ2v) is 17.0. The Labute approximate surface area is 384 Å². The monoisotopic (exact) mass is 954 g/mol. The number of rotatable bonds is 18. The zero-order chi connectivity index (χ0) is 47.0. The maximum atomic E-state index is 12.2. The number of ether oxygens (including phenoxy) is 2. The topological polar surface area (TPSA) is 283 Å². The number of phenols is 1. The number of fused-ring (bicyclic) bond motifs is 2. The molecule has 0 fully saturated rings. The molecule has 0 aromatic heterocycles. The van der Waals surface area contributed by atoms with E-state index in [4.69, 9.17) is 30.1 Å². The molecule has 0 amide bonds. The van der Waals surface area contributed by atoms with Crippen molar-refractivity contribution in [1.82, 2.24) is 0 Å². The van der Waals surface area contributed by atoms with Gasteiger partial charge in [-0.2, -0.15) is 28.9 Å². The fourth-order valence-electron chi connectivity index (χ4n) is 6.44. The Morgan fingerprint density at radius 3 is 1.97 bits per heavy atom. The summed E-state index contributed by atoms with van der Waals surface area (Å²) >= 11 is 1.16. The summed E-state index contributed by atoms with van der Waals surface area (Å²) in [5.74, 6) is 0.741. The van der Waals surface area contributed by atoms with Crippen LogP contribution in [0.4, 0.5) is 45.5 Å². The second kappa shape index (κ2) is 21.0. The maximum Gasteiger partial charge on any atom is 0.295 e. The fraction of sp³-hybridized carbons (Fsp3) is 0.116. The number of nitrogens with zero attached hydrogens (tertiary/aromatic N) is 6. The number of aryl methyl sites for hydroxylation is 3. The standard InChI is InChI=1S/C43H38N8O12S3/c1-23-14-36(24(2)13-35(23)47-46-30-8-5-26-17-32(64-62-60-53)20-41(34(26)19-30)66(55,56)57)48-49-37-21-39(58-4)38(15-25(37)3)50-51-42-40(65-63-61-54)18-27-16-29(9-12-33(27)43(42)52)45-22-59-31-10-6-28(44)7-11-31/h5-21,45,52-54H,22,44H2,1-4H3,(H,55,56,57). The minimum atomic E-state index is -4.66. The first-order valence-corrected chi connectivity index (χ1v) is 22.1. The van der Waals surface area contributed by atoms with Gasteiger partial charge >= 0.3 is 0 Å². The lowest BCUT2D eigenvalue weighted by Gasteiger charge is -2.12. The van der Waals surface area contributed by atoms with Crippen LogP contribution in [0.25, 0.3) is 21.5 Å². The number of nitrogens with one attached hydrogen (secondary N) is 1. The van der Waals surface area contributed by atoms with Crippen molar-refractivity contribution in [3.05, 3.63) is 120 Å². The summed E-state index contributed by atoms with van der Waals surface area (Å²) in [5.41, 5.74) is 11.4.